The number of morpholine rings is 1. The molecule has 0 aliphatic carbocycles. The van der Waals surface area contributed by atoms with Crippen LogP contribution in [-0.4, -0.2) is 48.6 Å². The lowest BCUT2D eigenvalue weighted by molar-refractivity contribution is -0.0103. The van der Waals surface area contributed by atoms with Gasteiger partial charge in [0.05, 0.1) is 24.9 Å². The molecule has 1 fully saturated rings. The van der Waals surface area contributed by atoms with Crippen LogP contribution in [0.5, 0.6) is 0 Å². The van der Waals surface area contributed by atoms with Gasteiger partial charge >= 0.3 is 5.97 Å². The van der Waals surface area contributed by atoms with Crippen molar-refractivity contribution < 1.29 is 19.4 Å². The second-order valence-corrected chi connectivity index (χ2v) is 6.69. The summed E-state index contributed by atoms with van der Waals surface area (Å²) in [4.78, 5) is 14.2. The molecule has 1 aromatic carbocycles. The summed E-state index contributed by atoms with van der Waals surface area (Å²) >= 11 is 0. The van der Waals surface area contributed by atoms with Gasteiger partial charge < -0.3 is 19.5 Å². The number of rotatable bonds is 3. The maximum atomic E-state index is 12.0. The molecule has 5 nitrogen and oxygen atoms in total. The molecule has 1 saturated heterocycles. The summed E-state index contributed by atoms with van der Waals surface area (Å²) in [5.41, 5.74) is 1.06. The minimum Gasteiger partial charge on any atom is -0.456 e. The minimum absolute atomic E-state index is 0.0131. The van der Waals surface area contributed by atoms with E-state index in [1.54, 1.807) is 12.1 Å². The molecule has 2 atom stereocenters. The van der Waals surface area contributed by atoms with Crippen molar-refractivity contribution in [2.45, 2.75) is 45.4 Å². The van der Waals surface area contributed by atoms with Crippen molar-refractivity contribution in [3.05, 3.63) is 29.8 Å². The third kappa shape index (κ3) is 4.21. The molecule has 0 radical (unpaired) electrons. The van der Waals surface area contributed by atoms with E-state index in [9.17, 15) is 9.90 Å². The number of ether oxygens (including phenoxy) is 2. The summed E-state index contributed by atoms with van der Waals surface area (Å²) in [7, 11) is 0. The Labute approximate surface area is 131 Å². The van der Waals surface area contributed by atoms with Crippen LogP contribution in [0.4, 0.5) is 5.69 Å². The predicted octanol–water partition coefficient (Wildman–Crippen LogP) is 2.23. The van der Waals surface area contributed by atoms with E-state index in [1.807, 2.05) is 32.9 Å². The second kappa shape index (κ2) is 6.67. The molecule has 1 N–H and O–H groups in total. The van der Waals surface area contributed by atoms with Crippen LogP contribution in [0, 0.1) is 0 Å². The Kier molecular flexibility index (Phi) is 5.08. The number of carbonyl (C=O) groups excluding carboxylic acids is 1. The highest BCUT2D eigenvalue weighted by atomic mass is 16.6. The fraction of sp³-hybridized carbons (Fsp3) is 0.588. The summed E-state index contributed by atoms with van der Waals surface area (Å²) in [5, 5.41) is 9.25. The third-order valence-electron chi connectivity index (χ3n) is 3.54. The number of anilines is 1. The molecule has 1 aliphatic rings. The number of aliphatic hydroxyl groups is 1. The van der Waals surface area contributed by atoms with E-state index in [0.29, 0.717) is 18.7 Å². The van der Waals surface area contributed by atoms with Crippen LogP contribution in [0.1, 0.15) is 38.1 Å². The highest BCUT2D eigenvalue weighted by molar-refractivity contribution is 5.90. The molecule has 0 aromatic heterocycles. The van der Waals surface area contributed by atoms with Gasteiger partial charge in [-0.05, 0) is 52.0 Å². The van der Waals surface area contributed by atoms with Crippen LogP contribution in [0.25, 0.3) is 0 Å². The topological polar surface area (TPSA) is 59.0 Å². The van der Waals surface area contributed by atoms with E-state index >= 15 is 0 Å². The first-order chi connectivity index (χ1) is 10.3. The van der Waals surface area contributed by atoms with Gasteiger partial charge in [-0.15, -0.1) is 0 Å². The zero-order valence-electron chi connectivity index (χ0n) is 13.7. The van der Waals surface area contributed by atoms with Crippen molar-refractivity contribution in [1.82, 2.24) is 0 Å². The van der Waals surface area contributed by atoms with E-state index < -0.39 is 5.60 Å². The lowest BCUT2D eigenvalue weighted by atomic mass is 10.1. The predicted molar refractivity (Wildman–Crippen MR) is 85.2 cm³/mol. The first-order valence-corrected chi connectivity index (χ1v) is 7.62. The van der Waals surface area contributed by atoms with Gasteiger partial charge in [0.2, 0.25) is 0 Å². The summed E-state index contributed by atoms with van der Waals surface area (Å²) < 4.78 is 10.9. The Bertz CT molecular complexity index is 506. The van der Waals surface area contributed by atoms with Crippen molar-refractivity contribution in [3.8, 4) is 0 Å². The number of aliphatic hydroxyl groups excluding tert-OH is 1. The highest BCUT2D eigenvalue weighted by Gasteiger charge is 2.26. The number of hydrogen-bond acceptors (Lipinski definition) is 5. The molecular weight excluding hydrogens is 282 g/mol. The van der Waals surface area contributed by atoms with E-state index in [-0.39, 0.29) is 24.7 Å². The van der Waals surface area contributed by atoms with E-state index in [0.717, 1.165) is 5.69 Å². The van der Waals surface area contributed by atoms with E-state index in [4.69, 9.17) is 9.47 Å². The number of hydrogen-bond donors (Lipinski definition) is 1. The average molecular weight is 307 g/mol. The van der Waals surface area contributed by atoms with Gasteiger partial charge in [-0.2, -0.15) is 0 Å². The van der Waals surface area contributed by atoms with Gasteiger partial charge in [-0.3, -0.25) is 0 Å². The average Bonchev–Trinajstić information content (AvgIpc) is 2.46. The molecule has 0 spiro atoms. The van der Waals surface area contributed by atoms with Gasteiger partial charge in [-0.1, -0.05) is 0 Å². The van der Waals surface area contributed by atoms with Crippen molar-refractivity contribution in [2.24, 2.45) is 0 Å². The van der Waals surface area contributed by atoms with Crippen LogP contribution >= 0.6 is 0 Å². The summed E-state index contributed by atoms with van der Waals surface area (Å²) in [6.45, 7) is 8.87. The minimum atomic E-state index is -0.497. The summed E-state index contributed by atoms with van der Waals surface area (Å²) in [6.07, 6.45) is -0.165. The normalized spacial score (nSPS) is 22.5. The van der Waals surface area contributed by atoms with E-state index in [1.165, 1.54) is 0 Å². The van der Waals surface area contributed by atoms with Crippen molar-refractivity contribution >= 4 is 11.7 Å². The smallest absolute Gasteiger partial charge is 0.338 e. The first kappa shape index (κ1) is 16.8. The Morgan fingerprint density at radius 3 is 2.55 bits per heavy atom. The molecule has 22 heavy (non-hydrogen) atoms. The second-order valence-electron chi connectivity index (χ2n) is 6.69. The molecule has 1 aromatic rings. The molecule has 1 aliphatic heterocycles. The quantitative estimate of drug-likeness (QED) is 0.868. The number of esters is 1. The van der Waals surface area contributed by atoms with Gasteiger partial charge in [0.1, 0.15) is 5.60 Å². The molecule has 5 heteroatoms. The molecule has 2 rings (SSSR count). The van der Waals surface area contributed by atoms with Crippen LogP contribution in [0.15, 0.2) is 24.3 Å². The Hall–Kier alpha value is -1.59. The molecule has 0 bridgehead atoms. The lowest BCUT2D eigenvalue weighted by Crippen LogP contribution is -2.49. The van der Waals surface area contributed by atoms with Crippen LogP contribution in [-0.2, 0) is 9.47 Å². The van der Waals surface area contributed by atoms with Crippen molar-refractivity contribution in [1.29, 1.82) is 0 Å². The van der Waals surface area contributed by atoms with Gasteiger partial charge in [0, 0.05) is 18.3 Å². The monoisotopic (exact) mass is 307 g/mol. The Morgan fingerprint density at radius 2 is 2.00 bits per heavy atom. The molecule has 0 saturated carbocycles. The zero-order valence-corrected chi connectivity index (χ0v) is 13.7. The largest absolute Gasteiger partial charge is 0.456 e. The maximum Gasteiger partial charge on any atom is 0.338 e. The van der Waals surface area contributed by atoms with Crippen LogP contribution in [0.2, 0.25) is 0 Å². The van der Waals surface area contributed by atoms with Gasteiger partial charge in [0.25, 0.3) is 0 Å². The molecular formula is C17H25NO4. The number of benzene rings is 1. The van der Waals surface area contributed by atoms with Gasteiger partial charge in [0.15, 0.2) is 0 Å². The maximum absolute atomic E-state index is 12.0. The molecule has 0 amide bonds. The standard InChI is InChI=1S/C17H25NO4/c1-12-11-21-15(10-19)9-18(12)14-7-5-13(6-8-14)16(20)22-17(2,3)4/h5-8,12,15,19H,9-11H2,1-4H3. The fourth-order valence-electron chi connectivity index (χ4n) is 2.41. The van der Waals surface area contributed by atoms with E-state index in [2.05, 4.69) is 11.8 Å². The van der Waals surface area contributed by atoms with Gasteiger partial charge in [-0.25, -0.2) is 4.79 Å². The molecule has 122 valence electrons. The number of carbonyl (C=O) groups is 1. The van der Waals surface area contributed by atoms with Crippen LogP contribution in [0.3, 0.4) is 0 Å². The Morgan fingerprint density at radius 1 is 1.36 bits per heavy atom. The fourth-order valence-corrected chi connectivity index (χ4v) is 2.41. The highest BCUT2D eigenvalue weighted by Crippen LogP contribution is 2.23. The number of nitrogens with zero attached hydrogens (tertiary/aromatic N) is 1. The Balaban J connectivity index is 2.09. The molecule has 2 unspecified atom stereocenters. The SMILES string of the molecule is CC1COC(CO)CN1c1ccc(C(=O)OC(C)(C)C)cc1. The van der Waals surface area contributed by atoms with Crippen molar-refractivity contribution in [3.63, 3.8) is 0 Å². The van der Waals surface area contributed by atoms with Crippen LogP contribution < -0.4 is 4.90 Å². The lowest BCUT2D eigenvalue weighted by Gasteiger charge is -2.39. The summed E-state index contributed by atoms with van der Waals surface area (Å²) in [5.74, 6) is -0.317. The summed E-state index contributed by atoms with van der Waals surface area (Å²) in [6, 6.07) is 7.61. The third-order valence-corrected chi connectivity index (χ3v) is 3.54. The zero-order chi connectivity index (χ0) is 16.3. The van der Waals surface area contributed by atoms with Crippen molar-refractivity contribution in [2.75, 3.05) is 24.7 Å². The first-order valence-electron chi connectivity index (χ1n) is 7.62. The molecule has 1 heterocycles.